The minimum atomic E-state index is -0.586. The van der Waals surface area contributed by atoms with Gasteiger partial charge in [-0.2, -0.15) is 0 Å². The summed E-state index contributed by atoms with van der Waals surface area (Å²) in [5.41, 5.74) is 2.08. The second-order valence-electron chi connectivity index (χ2n) is 6.00. The van der Waals surface area contributed by atoms with E-state index in [4.69, 9.17) is 4.74 Å². The summed E-state index contributed by atoms with van der Waals surface area (Å²) in [6.07, 6.45) is 0.993. The van der Waals surface area contributed by atoms with Gasteiger partial charge in [0.25, 0.3) is 0 Å². The van der Waals surface area contributed by atoms with Crippen LogP contribution in [0.3, 0.4) is 0 Å². The zero-order valence-corrected chi connectivity index (χ0v) is 15.2. The van der Waals surface area contributed by atoms with Crippen molar-refractivity contribution in [2.45, 2.75) is 6.10 Å². The Balaban J connectivity index is 1.89. The molecule has 0 fully saturated rings. The SMILES string of the molecule is O=C1/C(=C/c2cc(Br)ccc2F)[C@H](c2ccccc2)Oc2ccccc21. The summed E-state index contributed by atoms with van der Waals surface area (Å²) in [7, 11) is 0. The summed E-state index contributed by atoms with van der Waals surface area (Å²) in [4.78, 5) is 13.1. The predicted octanol–water partition coefficient (Wildman–Crippen LogP) is 5.99. The van der Waals surface area contributed by atoms with Crippen LogP contribution < -0.4 is 4.74 Å². The fourth-order valence-corrected chi connectivity index (χ4v) is 3.41. The molecular formula is C22H14BrFO2. The molecule has 26 heavy (non-hydrogen) atoms. The summed E-state index contributed by atoms with van der Waals surface area (Å²) in [5, 5.41) is 0. The van der Waals surface area contributed by atoms with Crippen LogP contribution in [0.25, 0.3) is 6.08 Å². The van der Waals surface area contributed by atoms with Gasteiger partial charge in [0.1, 0.15) is 11.6 Å². The summed E-state index contributed by atoms with van der Waals surface area (Å²) < 4.78 is 21.1. The Morgan fingerprint density at radius 1 is 0.962 bits per heavy atom. The van der Waals surface area contributed by atoms with Crippen LogP contribution in [0, 0.1) is 5.82 Å². The van der Waals surface area contributed by atoms with Crippen molar-refractivity contribution >= 4 is 27.8 Å². The molecule has 0 radical (unpaired) electrons. The number of carbonyl (C=O) groups excluding carboxylic acids is 1. The van der Waals surface area contributed by atoms with Crippen LogP contribution in [0.2, 0.25) is 0 Å². The van der Waals surface area contributed by atoms with Crippen LogP contribution in [0.4, 0.5) is 4.39 Å². The molecule has 0 aromatic heterocycles. The lowest BCUT2D eigenvalue weighted by Gasteiger charge is -2.28. The van der Waals surface area contributed by atoms with E-state index in [1.54, 1.807) is 36.4 Å². The zero-order valence-electron chi connectivity index (χ0n) is 13.7. The van der Waals surface area contributed by atoms with Crippen molar-refractivity contribution < 1.29 is 13.9 Å². The van der Waals surface area contributed by atoms with Gasteiger partial charge in [-0.05, 0) is 42.0 Å². The Hall–Kier alpha value is -2.72. The number of hydrogen-bond donors (Lipinski definition) is 0. The van der Waals surface area contributed by atoms with Crippen molar-refractivity contribution in [1.29, 1.82) is 0 Å². The molecule has 1 aliphatic heterocycles. The van der Waals surface area contributed by atoms with Crippen molar-refractivity contribution in [2.75, 3.05) is 0 Å². The second-order valence-corrected chi connectivity index (χ2v) is 6.92. The van der Waals surface area contributed by atoms with E-state index in [1.807, 2.05) is 36.4 Å². The summed E-state index contributed by atoms with van der Waals surface area (Å²) in [6, 6.07) is 21.3. The number of benzene rings is 3. The Labute approximate surface area is 159 Å². The van der Waals surface area contributed by atoms with Crippen molar-refractivity contribution in [2.24, 2.45) is 0 Å². The third-order valence-corrected chi connectivity index (χ3v) is 4.79. The molecular weight excluding hydrogens is 395 g/mol. The summed E-state index contributed by atoms with van der Waals surface area (Å²) in [5.74, 6) is -0.00235. The van der Waals surface area contributed by atoms with E-state index < -0.39 is 6.10 Å². The van der Waals surface area contributed by atoms with E-state index in [2.05, 4.69) is 15.9 Å². The molecule has 128 valence electrons. The van der Waals surface area contributed by atoms with Crippen LogP contribution in [0.15, 0.2) is 82.8 Å². The highest BCUT2D eigenvalue weighted by molar-refractivity contribution is 9.10. The third-order valence-electron chi connectivity index (χ3n) is 4.29. The lowest BCUT2D eigenvalue weighted by atomic mass is 9.89. The van der Waals surface area contributed by atoms with E-state index >= 15 is 0 Å². The van der Waals surface area contributed by atoms with E-state index in [9.17, 15) is 9.18 Å². The van der Waals surface area contributed by atoms with Gasteiger partial charge in [0.2, 0.25) is 0 Å². The number of hydrogen-bond acceptors (Lipinski definition) is 2. The van der Waals surface area contributed by atoms with Gasteiger partial charge < -0.3 is 4.74 Å². The van der Waals surface area contributed by atoms with Gasteiger partial charge >= 0.3 is 0 Å². The second kappa shape index (κ2) is 6.89. The highest BCUT2D eigenvalue weighted by Crippen LogP contribution is 2.39. The lowest BCUT2D eigenvalue weighted by Crippen LogP contribution is -2.23. The van der Waals surface area contributed by atoms with Gasteiger partial charge in [0.15, 0.2) is 11.9 Å². The molecule has 0 unspecified atom stereocenters. The number of Topliss-reactive ketones (excluding diaryl/α,β-unsaturated/α-hetero) is 1. The monoisotopic (exact) mass is 408 g/mol. The highest BCUT2D eigenvalue weighted by Gasteiger charge is 2.32. The van der Waals surface area contributed by atoms with Crippen molar-refractivity contribution in [3.8, 4) is 5.75 Å². The molecule has 3 aromatic rings. The number of halogens is 2. The van der Waals surface area contributed by atoms with E-state index in [0.717, 1.165) is 10.0 Å². The summed E-state index contributed by atoms with van der Waals surface area (Å²) in [6.45, 7) is 0. The molecule has 0 saturated heterocycles. The molecule has 0 N–H and O–H groups in total. The van der Waals surface area contributed by atoms with Crippen molar-refractivity contribution in [3.05, 3.63) is 105 Å². The first-order valence-electron chi connectivity index (χ1n) is 8.15. The van der Waals surface area contributed by atoms with Crippen LogP contribution in [0.5, 0.6) is 5.75 Å². The average molecular weight is 409 g/mol. The van der Waals surface area contributed by atoms with E-state index in [1.165, 1.54) is 6.07 Å². The molecule has 4 heteroatoms. The van der Waals surface area contributed by atoms with Crippen LogP contribution in [-0.2, 0) is 0 Å². The van der Waals surface area contributed by atoms with Crippen molar-refractivity contribution in [1.82, 2.24) is 0 Å². The van der Waals surface area contributed by atoms with Crippen LogP contribution in [-0.4, -0.2) is 5.78 Å². The first kappa shape index (κ1) is 16.7. The molecule has 3 aromatic carbocycles. The lowest BCUT2D eigenvalue weighted by molar-refractivity contribution is 0.0963. The molecule has 0 bridgehead atoms. The smallest absolute Gasteiger partial charge is 0.196 e. The maximum atomic E-state index is 14.3. The van der Waals surface area contributed by atoms with Crippen LogP contribution >= 0.6 is 15.9 Å². The summed E-state index contributed by atoms with van der Waals surface area (Å²) >= 11 is 3.35. The highest BCUT2D eigenvalue weighted by atomic mass is 79.9. The van der Waals surface area contributed by atoms with Gasteiger partial charge in [-0.25, -0.2) is 4.39 Å². The van der Waals surface area contributed by atoms with Gasteiger partial charge in [-0.3, -0.25) is 4.79 Å². The fourth-order valence-electron chi connectivity index (χ4n) is 3.03. The number of fused-ring (bicyclic) bond motifs is 1. The number of para-hydroxylation sites is 1. The number of carbonyl (C=O) groups is 1. The Morgan fingerprint density at radius 3 is 2.50 bits per heavy atom. The first-order chi connectivity index (χ1) is 12.6. The molecule has 1 atom stereocenters. The van der Waals surface area contributed by atoms with Crippen LogP contribution in [0.1, 0.15) is 27.6 Å². The topological polar surface area (TPSA) is 26.3 Å². The Bertz CT molecular complexity index is 1010. The molecule has 0 saturated carbocycles. The molecule has 0 spiro atoms. The molecule has 1 heterocycles. The molecule has 4 rings (SSSR count). The van der Waals surface area contributed by atoms with Crippen molar-refractivity contribution in [3.63, 3.8) is 0 Å². The molecule has 0 aliphatic carbocycles. The number of rotatable bonds is 2. The van der Waals surface area contributed by atoms with Gasteiger partial charge in [0.05, 0.1) is 5.56 Å². The predicted molar refractivity (Wildman–Crippen MR) is 103 cm³/mol. The zero-order chi connectivity index (χ0) is 18.1. The largest absolute Gasteiger partial charge is 0.480 e. The minimum Gasteiger partial charge on any atom is -0.480 e. The molecule has 2 nitrogen and oxygen atoms in total. The first-order valence-corrected chi connectivity index (χ1v) is 8.95. The van der Waals surface area contributed by atoms with Gasteiger partial charge in [-0.1, -0.05) is 58.4 Å². The maximum absolute atomic E-state index is 14.3. The Morgan fingerprint density at radius 2 is 1.69 bits per heavy atom. The quantitative estimate of drug-likeness (QED) is 0.486. The standard InChI is InChI=1S/C22H14BrFO2/c23-16-10-11-19(24)15(12-16)13-18-21(25)17-8-4-5-9-20(17)26-22(18)14-6-2-1-3-7-14/h1-13,22H/b18-13-/t22-/m0/s1. The third kappa shape index (κ3) is 3.08. The van der Waals surface area contributed by atoms with Gasteiger partial charge in [-0.15, -0.1) is 0 Å². The minimum absolute atomic E-state index is 0.153. The normalized spacial score (nSPS) is 17.7. The molecule has 1 aliphatic rings. The van der Waals surface area contributed by atoms with Gasteiger partial charge in [0, 0.05) is 15.6 Å². The average Bonchev–Trinajstić information content (AvgIpc) is 2.67. The van der Waals surface area contributed by atoms with E-state index in [0.29, 0.717) is 22.4 Å². The molecule has 0 amide bonds. The maximum Gasteiger partial charge on any atom is 0.196 e. The fraction of sp³-hybridized carbons (Fsp3) is 0.0455. The Kier molecular flexibility index (Phi) is 4.43. The number of ether oxygens (including phenoxy) is 1. The van der Waals surface area contributed by atoms with E-state index in [-0.39, 0.29) is 11.6 Å². The number of ketones is 1.